The van der Waals surface area contributed by atoms with E-state index < -0.39 is 32.7 Å². The van der Waals surface area contributed by atoms with Gasteiger partial charge in [0, 0.05) is 0 Å². The molecule has 1 aliphatic rings. The molecule has 0 aromatic rings. The lowest BCUT2D eigenvalue weighted by molar-refractivity contribution is -0.137. The first-order valence-corrected chi connectivity index (χ1v) is 9.07. The number of hydrogen-bond acceptors (Lipinski definition) is 5. The van der Waals surface area contributed by atoms with Crippen molar-refractivity contribution in [2.45, 2.75) is 51.7 Å². The average molecular weight is 315 g/mol. The van der Waals surface area contributed by atoms with Crippen molar-refractivity contribution in [1.82, 2.24) is 0 Å². The normalized spacial score (nSPS) is 26.9. The zero-order chi connectivity index (χ0) is 16.3. The Hall–Kier alpha value is -1.09. The van der Waals surface area contributed by atoms with Gasteiger partial charge in [-0.3, -0.25) is 4.79 Å². The molecule has 0 amide bonds. The van der Waals surface area contributed by atoms with Gasteiger partial charge in [-0.05, 0) is 30.6 Å². The van der Waals surface area contributed by atoms with Gasteiger partial charge in [-0.25, -0.2) is 8.42 Å². The highest BCUT2D eigenvalue weighted by Crippen LogP contribution is 2.44. The maximum Gasteiger partial charge on any atom is 0.320 e. The van der Waals surface area contributed by atoms with Crippen molar-refractivity contribution in [1.29, 1.82) is 5.26 Å². The molecule has 1 aliphatic carbocycles. The minimum atomic E-state index is -3.65. The van der Waals surface area contributed by atoms with E-state index in [0.717, 1.165) is 12.8 Å². The lowest BCUT2D eigenvalue weighted by atomic mass is 9.67. The van der Waals surface area contributed by atoms with Gasteiger partial charge in [0.2, 0.25) is 0 Å². The van der Waals surface area contributed by atoms with Crippen LogP contribution >= 0.6 is 0 Å². The van der Waals surface area contributed by atoms with Gasteiger partial charge in [-0.1, -0.05) is 27.2 Å². The third-order valence-electron chi connectivity index (χ3n) is 4.98. The molecule has 3 unspecified atom stereocenters. The summed E-state index contributed by atoms with van der Waals surface area (Å²) < 4.78 is 29.3. The summed E-state index contributed by atoms with van der Waals surface area (Å²) in [7, 11) is -2.48. The van der Waals surface area contributed by atoms with Gasteiger partial charge < -0.3 is 4.74 Å². The van der Waals surface area contributed by atoms with E-state index in [1.54, 1.807) is 0 Å². The third-order valence-corrected chi connectivity index (χ3v) is 7.06. The van der Waals surface area contributed by atoms with Crippen LogP contribution in [0.1, 0.15) is 46.5 Å². The Balaban J connectivity index is 3.00. The molecule has 0 aromatic carbocycles. The number of nitriles is 1. The molecule has 21 heavy (non-hydrogen) atoms. The van der Waals surface area contributed by atoms with Crippen LogP contribution in [-0.2, 0) is 19.4 Å². The van der Waals surface area contributed by atoms with Crippen LogP contribution in [0.15, 0.2) is 0 Å². The van der Waals surface area contributed by atoms with Crippen LogP contribution in [0.4, 0.5) is 0 Å². The van der Waals surface area contributed by atoms with Gasteiger partial charge >= 0.3 is 5.97 Å². The lowest BCUT2D eigenvalue weighted by Crippen LogP contribution is -2.42. The highest BCUT2D eigenvalue weighted by Gasteiger charge is 2.43. The Labute approximate surface area is 127 Å². The van der Waals surface area contributed by atoms with Crippen molar-refractivity contribution in [2.24, 2.45) is 17.3 Å². The first kappa shape index (κ1) is 18.0. The molecule has 0 N–H and O–H groups in total. The van der Waals surface area contributed by atoms with Gasteiger partial charge in [-0.2, -0.15) is 5.26 Å². The second-order valence-corrected chi connectivity index (χ2v) is 8.73. The standard InChI is InChI=1S/C15H25NO4S/c1-5-15(2,3)12-7-6-11(9-16)13(8-12)21(18,19)10-14(17)20-4/h11-13H,5-8,10H2,1-4H3. The highest BCUT2D eigenvalue weighted by molar-refractivity contribution is 7.92. The molecule has 1 rings (SSSR count). The highest BCUT2D eigenvalue weighted by atomic mass is 32.2. The van der Waals surface area contributed by atoms with Gasteiger partial charge in [0.1, 0.15) is 5.75 Å². The predicted octanol–water partition coefficient (Wildman–Crippen LogP) is 2.32. The first-order chi connectivity index (χ1) is 9.67. The van der Waals surface area contributed by atoms with Crippen LogP contribution in [0.5, 0.6) is 0 Å². The molecule has 5 nitrogen and oxygen atoms in total. The van der Waals surface area contributed by atoms with E-state index >= 15 is 0 Å². The lowest BCUT2D eigenvalue weighted by Gasteiger charge is -2.40. The quantitative estimate of drug-likeness (QED) is 0.727. The first-order valence-electron chi connectivity index (χ1n) is 7.36. The molecular weight excluding hydrogens is 290 g/mol. The van der Waals surface area contributed by atoms with Crippen LogP contribution in [0, 0.1) is 28.6 Å². The molecule has 0 aromatic heterocycles. The number of carbonyl (C=O) groups is 1. The van der Waals surface area contributed by atoms with Crippen LogP contribution in [0.2, 0.25) is 0 Å². The molecule has 0 bridgehead atoms. The molecule has 3 atom stereocenters. The molecule has 0 radical (unpaired) electrons. The van der Waals surface area contributed by atoms with Crippen LogP contribution in [-0.4, -0.2) is 32.5 Å². The molecule has 6 heteroatoms. The minimum absolute atomic E-state index is 0.0411. The molecule has 0 aliphatic heterocycles. The van der Waals surface area contributed by atoms with Crippen molar-refractivity contribution in [2.75, 3.05) is 12.9 Å². The topological polar surface area (TPSA) is 84.2 Å². The summed E-state index contributed by atoms with van der Waals surface area (Å²) in [5.41, 5.74) is 0.0411. The van der Waals surface area contributed by atoms with Gasteiger partial charge in [-0.15, -0.1) is 0 Å². The number of esters is 1. The van der Waals surface area contributed by atoms with Crippen LogP contribution in [0.3, 0.4) is 0 Å². The minimum Gasteiger partial charge on any atom is -0.468 e. The van der Waals surface area contributed by atoms with Crippen molar-refractivity contribution in [3.05, 3.63) is 0 Å². The largest absolute Gasteiger partial charge is 0.468 e. The van der Waals surface area contributed by atoms with Gasteiger partial charge in [0.15, 0.2) is 9.84 Å². The van der Waals surface area contributed by atoms with Crippen LogP contribution in [0.25, 0.3) is 0 Å². The SMILES string of the molecule is CCC(C)(C)C1CCC(C#N)C(S(=O)(=O)CC(=O)OC)C1. The third kappa shape index (κ3) is 4.19. The Morgan fingerprint density at radius 3 is 2.48 bits per heavy atom. The molecule has 120 valence electrons. The summed E-state index contributed by atoms with van der Waals surface area (Å²) in [6.45, 7) is 6.36. The van der Waals surface area contributed by atoms with Crippen LogP contribution < -0.4 is 0 Å². The van der Waals surface area contributed by atoms with E-state index in [0.29, 0.717) is 12.8 Å². The Bertz CT molecular complexity index is 518. The van der Waals surface area contributed by atoms with E-state index in [4.69, 9.17) is 0 Å². The van der Waals surface area contributed by atoms with E-state index in [1.165, 1.54) is 7.11 Å². The van der Waals surface area contributed by atoms with E-state index in [-0.39, 0.29) is 11.3 Å². The molecule has 1 fully saturated rings. The van der Waals surface area contributed by atoms with Gasteiger partial charge in [0.25, 0.3) is 0 Å². The zero-order valence-electron chi connectivity index (χ0n) is 13.3. The van der Waals surface area contributed by atoms with Gasteiger partial charge in [0.05, 0.1) is 24.3 Å². The molecule has 0 spiro atoms. The summed E-state index contributed by atoms with van der Waals surface area (Å²) in [6, 6.07) is 2.11. The molecule has 0 heterocycles. The maximum atomic E-state index is 12.4. The fourth-order valence-corrected chi connectivity index (χ4v) is 4.89. The Morgan fingerprint density at radius 1 is 1.38 bits per heavy atom. The average Bonchev–Trinajstić information content (AvgIpc) is 2.45. The molecule has 0 saturated heterocycles. The second kappa shape index (κ2) is 6.78. The summed E-state index contributed by atoms with van der Waals surface area (Å²) in [6.07, 6.45) is 2.86. The number of methoxy groups -OCH3 is 1. The summed E-state index contributed by atoms with van der Waals surface area (Å²) >= 11 is 0. The van der Waals surface area contributed by atoms with E-state index in [9.17, 15) is 18.5 Å². The predicted molar refractivity (Wildman–Crippen MR) is 80.1 cm³/mol. The fraction of sp³-hybridized carbons (Fsp3) is 0.867. The second-order valence-electron chi connectivity index (χ2n) is 6.51. The summed E-state index contributed by atoms with van der Waals surface area (Å²) in [5, 5.41) is 8.47. The Morgan fingerprint density at radius 2 is 2.00 bits per heavy atom. The number of rotatable bonds is 5. The number of nitrogens with zero attached hydrogens (tertiary/aromatic N) is 1. The summed E-state index contributed by atoms with van der Waals surface area (Å²) in [4.78, 5) is 11.3. The van der Waals surface area contributed by atoms with Crippen molar-refractivity contribution < 1.29 is 17.9 Å². The Kier molecular flexibility index (Phi) is 5.80. The summed E-state index contributed by atoms with van der Waals surface area (Å²) in [5.74, 6) is -1.66. The van der Waals surface area contributed by atoms with E-state index in [1.807, 2.05) is 0 Å². The number of hydrogen-bond donors (Lipinski definition) is 0. The fourth-order valence-electron chi connectivity index (χ4n) is 3.00. The van der Waals surface area contributed by atoms with E-state index in [2.05, 4.69) is 31.6 Å². The monoisotopic (exact) mass is 315 g/mol. The molecular formula is C15H25NO4S. The zero-order valence-corrected chi connectivity index (χ0v) is 14.1. The van der Waals surface area contributed by atoms with Crippen molar-refractivity contribution >= 4 is 15.8 Å². The van der Waals surface area contributed by atoms with Crippen molar-refractivity contribution in [3.63, 3.8) is 0 Å². The smallest absolute Gasteiger partial charge is 0.320 e. The number of carbonyl (C=O) groups excluding carboxylic acids is 1. The molecule has 1 saturated carbocycles. The maximum absolute atomic E-state index is 12.4. The number of ether oxygens (including phenoxy) is 1. The number of sulfone groups is 1. The van der Waals surface area contributed by atoms with Crippen molar-refractivity contribution in [3.8, 4) is 6.07 Å².